The molecule has 0 saturated heterocycles. The third-order valence-electron chi connectivity index (χ3n) is 3.76. The number of aromatic amines is 1. The van der Waals surface area contributed by atoms with Gasteiger partial charge in [-0.3, -0.25) is 4.79 Å². The first-order chi connectivity index (χ1) is 20.2. The number of H-pyrrole nitrogens is 1. The number of halogens is 9. The number of ether oxygens (including phenoxy) is 3. The van der Waals surface area contributed by atoms with Gasteiger partial charge in [-0.1, -0.05) is 12.1 Å². The number of anilines is 3. The lowest BCUT2D eigenvalue weighted by atomic mass is 10.4. The minimum Gasteiger partial charge on any atom is -0.417 e. The molecule has 0 amide bonds. The molecule has 20 heteroatoms. The Balaban J connectivity index is 0.000000290. The molecule has 0 fully saturated rings. The number of pyridine rings is 4. The molecule has 0 aliphatic heterocycles. The van der Waals surface area contributed by atoms with Crippen molar-refractivity contribution in [3.05, 3.63) is 83.7 Å². The second-order valence-electron chi connectivity index (χ2n) is 6.95. The summed E-state index contributed by atoms with van der Waals surface area (Å²) in [5.74, 6) is 0.233. The second-order valence-corrected chi connectivity index (χ2v) is 9.76. The Labute approximate surface area is 269 Å². The summed E-state index contributed by atoms with van der Waals surface area (Å²) in [7, 11) is 0. The summed E-state index contributed by atoms with van der Waals surface area (Å²) in [6.45, 7) is -8.59. The predicted molar refractivity (Wildman–Crippen MR) is 161 cm³/mol. The van der Waals surface area contributed by atoms with Crippen LogP contribution < -0.4 is 37.0 Å². The quantitative estimate of drug-likeness (QED) is 0.0978. The van der Waals surface area contributed by atoms with Crippen molar-refractivity contribution in [2.45, 2.75) is 19.8 Å². The van der Waals surface area contributed by atoms with E-state index in [2.05, 4.69) is 66.0 Å². The van der Waals surface area contributed by atoms with Gasteiger partial charge in [-0.2, -0.15) is 36.3 Å². The van der Waals surface area contributed by atoms with Crippen LogP contribution in [0.1, 0.15) is 0 Å². The molecular weight excluding hydrogens is 839 g/mol. The monoisotopic (exact) mass is 857 g/mol. The average Bonchev–Trinajstić information content (AvgIpc) is 2.88. The van der Waals surface area contributed by atoms with Gasteiger partial charge in [0.2, 0.25) is 23.2 Å². The number of nitrogens with zero attached hydrogens (tertiary/aromatic N) is 3. The molecule has 0 atom stereocenters. The molecule has 43 heavy (non-hydrogen) atoms. The molecule has 0 spiro atoms. The zero-order chi connectivity index (χ0) is 32.5. The Kier molecular flexibility index (Phi) is 17.1. The number of hydrogen-bond acceptors (Lipinski definition) is 10. The maximum atomic E-state index is 11.7. The summed E-state index contributed by atoms with van der Waals surface area (Å²) in [6, 6.07) is 15.2. The molecule has 0 radical (unpaired) electrons. The highest BCUT2D eigenvalue weighted by Crippen LogP contribution is 2.25. The molecule has 7 N–H and O–H groups in total. The van der Waals surface area contributed by atoms with E-state index >= 15 is 0 Å². The fourth-order valence-corrected chi connectivity index (χ4v) is 3.25. The molecule has 4 heterocycles. The lowest BCUT2D eigenvalue weighted by Crippen LogP contribution is -2.05. The lowest BCUT2D eigenvalue weighted by molar-refractivity contribution is -0.0541. The van der Waals surface area contributed by atoms with Gasteiger partial charge >= 0.3 is 19.8 Å². The zero-order valence-corrected chi connectivity index (χ0v) is 26.4. The molecule has 4 rings (SSSR count). The van der Waals surface area contributed by atoms with Gasteiger partial charge in [-0.25, -0.2) is 4.98 Å². The summed E-state index contributed by atoms with van der Waals surface area (Å²) in [5.41, 5.74) is 15.5. The van der Waals surface area contributed by atoms with Crippen molar-refractivity contribution in [3.8, 4) is 17.6 Å². The van der Waals surface area contributed by atoms with Gasteiger partial charge in [0.05, 0.1) is 8.95 Å². The number of nitrogens with one attached hydrogen (secondary N) is 1. The smallest absolute Gasteiger partial charge is 0.388 e. The van der Waals surface area contributed by atoms with Crippen molar-refractivity contribution in [2.24, 2.45) is 0 Å². The standard InChI is InChI=1S/C6H3BrF2INO.C6H5BrF2N2O.C6H6F2N2O.C5H6N2O/c2*7-3-1-2-4(10)11-5(3)12-6(8)9;7-6(8)11-5-3-1-2-4(9)10-5;6-4-2-1-3-5(8)7-4/h1-2,6H;1-2,6H,(H2,10,11);1-3,6H,(H2,9,10);1-3H,(H3,6,7,8). The Hall–Kier alpha value is -3.53. The average molecular weight is 859 g/mol. The first-order valence-electron chi connectivity index (χ1n) is 10.9. The molecule has 0 aliphatic carbocycles. The molecule has 11 nitrogen and oxygen atoms in total. The summed E-state index contributed by atoms with van der Waals surface area (Å²) >= 11 is 7.93. The third-order valence-corrected chi connectivity index (χ3v) is 5.57. The van der Waals surface area contributed by atoms with Gasteiger partial charge in [0.1, 0.15) is 21.2 Å². The normalized spacial score (nSPS) is 10.0. The van der Waals surface area contributed by atoms with E-state index in [0.717, 1.165) is 0 Å². The molecule has 0 saturated carbocycles. The number of nitrogen functional groups attached to an aromatic ring is 3. The van der Waals surface area contributed by atoms with Crippen LogP contribution in [0.2, 0.25) is 0 Å². The van der Waals surface area contributed by atoms with Crippen LogP contribution in [0.25, 0.3) is 0 Å². The van der Waals surface area contributed by atoms with E-state index in [1.807, 2.05) is 22.6 Å². The highest BCUT2D eigenvalue weighted by atomic mass is 127. The SMILES string of the molecule is FC(F)Oc1nc(I)ccc1Br.Nc1ccc(Br)c(OC(F)F)n1.Nc1cccc(=O)[nH]1.Nc1cccc(OC(F)F)n1. The fourth-order valence-electron chi connectivity index (χ4n) is 2.23. The Morgan fingerprint density at radius 1 is 0.674 bits per heavy atom. The first kappa shape index (κ1) is 37.5. The predicted octanol–water partition coefficient (Wildman–Crippen LogP) is 6.30. The first-order valence-corrected chi connectivity index (χ1v) is 13.6. The molecule has 0 bridgehead atoms. The van der Waals surface area contributed by atoms with Crippen molar-refractivity contribution in [1.82, 2.24) is 19.9 Å². The van der Waals surface area contributed by atoms with Gasteiger partial charge < -0.3 is 36.4 Å². The van der Waals surface area contributed by atoms with Crippen molar-refractivity contribution in [1.29, 1.82) is 0 Å². The minimum absolute atomic E-state index is 0.0862. The second kappa shape index (κ2) is 19.6. The van der Waals surface area contributed by atoms with Crippen LogP contribution in [-0.4, -0.2) is 39.8 Å². The number of nitrogens with two attached hydrogens (primary N) is 3. The summed E-state index contributed by atoms with van der Waals surface area (Å²) in [4.78, 5) is 23.5. The zero-order valence-electron chi connectivity index (χ0n) is 21.1. The van der Waals surface area contributed by atoms with Gasteiger partial charge in [0.25, 0.3) is 0 Å². The summed E-state index contributed by atoms with van der Waals surface area (Å²) in [6.07, 6.45) is 0. The van der Waals surface area contributed by atoms with Gasteiger partial charge in [0, 0.05) is 12.1 Å². The number of alkyl halides is 6. The molecular formula is C23H20Br2F6IN7O4. The van der Waals surface area contributed by atoms with Crippen LogP contribution in [0.15, 0.2) is 74.4 Å². The van der Waals surface area contributed by atoms with Crippen molar-refractivity contribution >= 4 is 71.9 Å². The van der Waals surface area contributed by atoms with Crippen LogP contribution >= 0.6 is 54.5 Å². The Morgan fingerprint density at radius 2 is 1.19 bits per heavy atom. The number of hydrogen-bond donors (Lipinski definition) is 4. The lowest BCUT2D eigenvalue weighted by Gasteiger charge is -2.05. The van der Waals surface area contributed by atoms with E-state index in [1.54, 1.807) is 24.3 Å². The third kappa shape index (κ3) is 17.2. The van der Waals surface area contributed by atoms with Crippen LogP contribution in [0.5, 0.6) is 17.6 Å². The largest absolute Gasteiger partial charge is 0.417 e. The van der Waals surface area contributed by atoms with E-state index in [4.69, 9.17) is 17.2 Å². The summed E-state index contributed by atoms with van der Waals surface area (Å²) in [5, 5.41) is 0. The van der Waals surface area contributed by atoms with Crippen molar-refractivity contribution < 1.29 is 40.6 Å². The maximum Gasteiger partial charge on any atom is 0.388 e. The van der Waals surface area contributed by atoms with Crippen molar-refractivity contribution in [2.75, 3.05) is 17.2 Å². The number of rotatable bonds is 6. The highest BCUT2D eigenvalue weighted by Gasteiger charge is 2.10. The summed E-state index contributed by atoms with van der Waals surface area (Å²) < 4.78 is 83.5. The van der Waals surface area contributed by atoms with Crippen LogP contribution in [0.4, 0.5) is 43.8 Å². The van der Waals surface area contributed by atoms with E-state index in [1.165, 1.54) is 36.4 Å². The van der Waals surface area contributed by atoms with Gasteiger partial charge in [0.15, 0.2) is 0 Å². The Morgan fingerprint density at radius 3 is 1.67 bits per heavy atom. The molecule has 4 aromatic heterocycles. The van der Waals surface area contributed by atoms with Crippen LogP contribution in [0.3, 0.4) is 0 Å². The maximum absolute atomic E-state index is 11.7. The fraction of sp³-hybridized carbons (Fsp3) is 0.130. The number of aromatic nitrogens is 4. The topological polar surface area (TPSA) is 177 Å². The van der Waals surface area contributed by atoms with Gasteiger partial charge in [-0.15, -0.1) is 0 Å². The highest BCUT2D eigenvalue weighted by molar-refractivity contribution is 14.1. The van der Waals surface area contributed by atoms with E-state index in [9.17, 15) is 31.1 Å². The van der Waals surface area contributed by atoms with E-state index in [-0.39, 0.29) is 34.8 Å². The molecule has 0 aromatic carbocycles. The Bertz CT molecular complexity index is 1420. The van der Waals surface area contributed by atoms with Crippen molar-refractivity contribution in [3.63, 3.8) is 0 Å². The molecule has 234 valence electrons. The molecule has 0 unspecified atom stereocenters. The van der Waals surface area contributed by atoms with Crippen LogP contribution in [-0.2, 0) is 0 Å². The van der Waals surface area contributed by atoms with E-state index < -0.39 is 19.8 Å². The molecule has 4 aromatic rings. The van der Waals surface area contributed by atoms with Gasteiger partial charge in [-0.05, 0) is 90.8 Å². The minimum atomic E-state index is -2.89. The van der Waals surface area contributed by atoms with Crippen LogP contribution in [0, 0.1) is 3.70 Å². The van der Waals surface area contributed by atoms with E-state index in [0.29, 0.717) is 18.5 Å². The molecule has 0 aliphatic rings.